The lowest BCUT2D eigenvalue weighted by Crippen LogP contribution is -2.17. The summed E-state index contributed by atoms with van der Waals surface area (Å²) in [4.78, 5) is 32.9. The minimum Gasteiger partial charge on any atom is -0.665 e. The lowest BCUT2D eigenvalue weighted by atomic mass is 10.8. The smallest absolute Gasteiger partial charge is 0.373 e. The predicted molar refractivity (Wildman–Crippen MR) is 37.5 cm³/mol. The monoisotopic (exact) mass is 195 g/mol. The molecule has 8 nitrogen and oxygen atoms in total. The Morgan fingerprint density at radius 2 is 1.38 bits per heavy atom. The van der Waals surface area contributed by atoms with Crippen LogP contribution in [0.15, 0.2) is 0 Å². The molecule has 0 aliphatic heterocycles. The van der Waals surface area contributed by atoms with Crippen LogP contribution in [0.3, 0.4) is 0 Å². The average Bonchev–Trinajstić information content (AvgIpc) is 1.65. The SMILES string of the molecule is C.O.O=C([O-])O.O=C=O.O=[C-]O.[B]. The van der Waals surface area contributed by atoms with Gasteiger partial charge in [-0.3, -0.25) is 0 Å². The minimum atomic E-state index is -2.08. The third-order valence-electron chi connectivity index (χ3n) is 0. The van der Waals surface area contributed by atoms with E-state index in [0.29, 0.717) is 6.47 Å². The first kappa shape index (κ1) is 43.3. The molecule has 0 fully saturated rings. The first-order valence-corrected chi connectivity index (χ1v) is 1.47. The zero-order chi connectivity index (χ0) is 8.99. The van der Waals surface area contributed by atoms with Crippen molar-refractivity contribution in [3.63, 3.8) is 0 Å². The quantitative estimate of drug-likeness (QED) is 0.314. The standard InChI is InChI=1S/CH2O3.CHO2.CO2.CH4.B.H2O/c2-1(3)4;2*2-1-3;;;/h(H2,2,3,4);(H,2,3);;1H4;;1H2/q;-1;;;;/p-1. The fourth-order valence-corrected chi connectivity index (χ4v) is 0. The van der Waals surface area contributed by atoms with Crippen molar-refractivity contribution in [1.82, 2.24) is 0 Å². The summed E-state index contributed by atoms with van der Waals surface area (Å²) < 4.78 is 0. The van der Waals surface area contributed by atoms with Crippen LogP contribution in [0, 0.1) is 0 Å². The number of rotatable bonds is 0. The summed E-state index contributed by atoms with van der Waals surface area (Å²) in [6, 6.07) is 0. The second-order valence-corrected chi connectivity index (χ2v) is 0.441. The van der Waals surface area contributed by atoms with Crippen LogP contribution in [0.2, 0.25) is 0 Å². The summed E-state index contributed by atoms with van der Waals surface area (Å²) in [5.41, 5.74) is 0. The van der Waals surface area contributed by atoms with E-state index in [1.165, 1.54) is 0 Å². The molecule has 0 unspecified atom stereocenters. The Kier molecular flexibility index (Phi) is 286. The molecule has 0 aromatic rings. The van der Waals surface area contributed by atoms with Crippen LogP contribution in [0.1, 0.15) is 7.43 Å². The van der Waals surface area contributed by atoms with Crippen molar-refractivity contribution in [1.29, 1.82) is 0 Å². The van der Waals surface area contributed by atoms with Gasteiger partial charge in [-0.15, -0.1) is 0 Å². The van der Waals surface area contributed by atoms with E-state index in [-0.39, 0.29) is 27.5 Å². The van der Waals surface area contributed by atoms with Gasteiger partial charge in [0.2, 0.25) is 6.16 Å². The van der Waals surface area contributed by atoms with Crippen LogP contribution in [-0.4, -0.2) is 42.9 Å². The van der Waals surface area contributed by atoms with E-state index in [9.17, 15) is 0 Å². The second kappa shape index (κ2) is 85.8. The zero-order valence-corrected chi connectivity index (χ0v) is 5.51. The lowest BCUT2D eigenvalue weighted by Gasteiger charge is -1.74. The Labute approximate surface area is 75.7 Å². The summed E-state index contributed by atoms with van der Waals surface area (Å²) >= 11 is 0. The first-order valence-electron chi connectivity index (χ1n) is 1.47. The van der Waals surface area contributed by atoms with E-state index in [1.807, 2.05) is 0 Å². The number of hydrogen-bond acceptors (Lipinski definition) is 5. The maximum absolute atomic E-state index is 8.44. The second-order valence-electron chi connectivity index (χ2n) is 0.441. The van der Waals surface area contributed by atoms with E-state index in [2.05, 4.69) is 0 Å². The molecule has 9 heteroatoms. The van der Waals surface area contributed by atoms with E-state index >= 15 is 0 Å². The van der Waals surface area contributed by atoms with E-state index in [0.717, 1.165) is 0 Å². The fraction of sp³-hybridized carbons (Fsp3) is 0.250. The van der Waals surface area contributed by atoms with Crippen LogP contribution in [-0.2, 0) is 14.4 Å². The molecule has 77 valence electrons. The third kappa shape index (κ3) is 196. The summed E-state index contributed by atoms with van der Waals surface area (Å²) in [5.74, 6) is 0. The molecule has 0 heterocycles. The van der Waals surface area contributed by atoms with Gasteiger partial charge in [-0.05, 0) is 0 Å². The summed E-state index contributed by atoms with van der Waals surface area (Å²) in [5, 5.41) is 22.1. The highest BCUT2D eigenvalue weighted by atomic mass is 16.6. The number of hydrogen-bond donors (Lipinski definition) is 2. The highest BCUT2D eigenvalue weighted by Crippen LogP contribution is 1.32. The normalized spacial score (nSPS) is 3.38. The van der Waals surface area contributed by atoms with Crippen molar-refractivity contribution < 1.29 is 40.0 Å². The summed E-state index contributed by atoms with van der Waals surface area (Å²) in [6.07, 6.45) is -1.83. The molecule has 0 spiro atoms. The Balaban J connectivity index is -0.0000000128. The van der Waals surface area contributed by atoms with E-state index in [4.69, 9.17) is 34.5 Å². The van der Waals surface area contributed by atoms with Gasteiger partial charge in [-0.25, -0.2) is 0 Å². The van der Waals surface area contributed by atoms with Crippen LogP contribution in [0.4, 0.5) is 4.79 Å². The van der Waals surface area contributed by atoms with Crippen LogP contribution < -0.4 is 5.11 Å². The highest BCUT2D eigenvalue weighted by Gasteiger charge is 1.51. The Morgan fingerprint density at radius 3 is 1.38 bits per heavy atom. The van der Waals surface area contributed by atoms with Gasteiger partial charge in [-0.1, -0.05) is 13.9 Å². The molecule has 3 radical (unpaired) electrons. The molecule has 0 saturated carbocycles. The van der Waals surface area contributed by atoms with Crippen molar-refractivity contribution in [3.05, 3.63) is 0 Å². The van der Waals surface area contributed by atoms with Crippen molar-refractivity contribution >= 4 is 27.2 Å². The molecule has 0 amide bonds. The van der Waals surface area contributed by atoms with Crippen LogP contribution in [0.25, 0.3) is 0 Å². The van der Waals surface area contributed by atoms with E-state index < -0.39 is 6.16 Å². The Morgan fingerprint density at radius 1 is 1.38 bits per heavy atom. The molecule has 13 heavy (non-hydrogen) atoms. The van der Waals surface area contributed by atoms with Gasteiger partial charge < -0.3 is 30.4 Å². The maximum atomic E-state index is 8.44. The molecule has 0 bridgehead atoms. The molecule has 0 saturated heterocycles. The largest absolute Gasteiger partial charge is 0.665 e. The van der Waals surface area contributed by atoms with E-state index in [1.54, 1.807) is 0 Å². The molecule has 0 aliphatic rings. The molecule has 0 atom stereocenters. The molecule has 4 N–H and O–H groups in total. The molecule has 0 aromatic heterocycles. The average molecular weight is 195 g/mol. The number of carbonyl (C=O) groups excluding carboxylic acids is 2. The van der Waals surface area contributed by atoms with Crippen molar-refractivity contribution in [2.75, 3.05) is 0 Å². The van der Waals surface area contributed by atoms with Gasteiger partial charge in [0.05, 0.1) is 0 Å². The first-order chi connectivity index (χ1) is 4.56. The molecule has 0 aliphatic carbocycles. The topological polar surface area (TPSA) is 163 Å². The Bertz CT molecular complexity index is 113. The highest BCUT2D eigenvalue weighted by molar-refractivity contribution is 5.75. The van der Waals surface area contributed by atoms with Gasteiger partial charge in [0.25, 0.3) is 0 Å². The van der Waals surface area contributed by atoms with Crippen molar-refractivity contribution in [2.45, 2.75) is 7.43 Å². The Hall–Kier alpha value is -1.86. The zero-order valence-electron chi connectivity index (χ0n) is 5.51. The molecular weight excluding hydrogens is 187 g/mol. The van der Waals surface area contributed by atoms with Gasteiger partial charge in [0.1, 0.15) is 0 Å². The number of carboxylic acid groups (broad SMARTS) is 2. The van der Waals surface area contributed by atoms with Crippen molar-refractivity contribution in [2.24, 2.45) is 0 Å². The number of aliphatic hydroxyl groups excluding tert-OH is 1. The molecule has 0 aromatic carbocycles. The lowest BCUT2D eigenvalue weighted by molar-refractivity contribution is -0.275. The molecule has 0 rings (SSSR count). The van der Waals surface area contributed by atoms with Gasteiger partial charge in [0, 0.05) is 8.41 Å². The minimum absolute atomic E-state index is 0. The van der Waals surface area contributed by atoms with Crippen LogP contribution in [0.5, 0.6) is 0 Å². The maximum Gasteiger partial charge on any atom is 0.373 e. The predicted octanol–water partition coefficient (Wildman–Crippen LogP) is -2.65. The third-order valence-corrected chi connectivity index (χ3v) is 0. The summed E-state index contributed by atoms with van der Waals surface area (Å²) in [6.45, 7) is 0.500. The van der Waals surface area contributed by atoms with Crippen LogP contribution >= 0.6 is 0 Å². The van der Waals surface area contributed by atoms with Gasteiger partial charge in [0.15, 0.2) is 0 Å². The fourth-order valence-electron chi connectivity index (χ4n) is 0. The molecular formula is C4H8BO8-2. The van der Waals surface area contributed by atoms with Gasteiger partial charge >= 0.3 is 6.15 Å². The number of carbonyl (C=O) groups is 1. The van der Waals surface area contributed by atoms with Gasteiger partial charge in [-0.2, -0.15) is 9.59 Å². The summed E-state index contributed by atoms with van der Waals surface area (Å²) in [7, 11) is 0. The van der Waals surface area contributed by atoms with Crippen molar-refractivity contribution in [3.8, 4) is 0 Å².